The first-order valence-corrected chi connectivity index (χ1v) is 18.3. The quantitative estimate of drug-likeness (QED) is 0.167. The lowest BCUT2D eigenvalue weighted by atomic mass is 10.1. The van der Waals surface area contributed by atoms with Crippen molar-refractivity contribution in [3.8, 4) is 68.3 Å². The zero-order valence-electron chi connectivity index (χ0n) is 29.7. The first-order valence-electron chi connectivity index (χ1n) is 18.3. The zero-order valence-corrected chi connectivity index (χ0v) is 29.7. The van der Waals surface area contributed by atoms with Crippen molar-refractivity contribution < 1.29 is 8.83 Å². The fourth-order valence-corrected chi connectivity index (χ4v) is 7.31. The third-order valence-corrected chi connectivity index (χ3v) is 10.0. The molecule has 0 unspecified atom stereocenters. The minimum atomic E-state index is 0.516. The number of fused-ring (bicyclic) bond motifs is 6. The van der Waals surface area contributed by atoms with E-state index in [0.29, 0.717) is 46.1 Å². The summed E-state index contributed by atoms with van der Waals surface area (Å²) in [5.74, 6) is 3.29. The van der Waals surface area contributed by atoms with Gasteiger partial charge >= 0.3 is 0 Å². The van der Waals surface area contributed by atoms with E-state index in [1.165, 1.54) is 0 Å². The van der Waals surface area contributed by atoms with Crippen LogP contribution in [0.25, 0.3) is 112 Å². The molecule has 0 aliphatic carbocycles. The van der Waals surface area contributed by atoms with Gasteiger partial charge in [-0.2, -0.15) is 0 Å². The molecule has 0 saturated heterocycles. The molecule has 0 atom stereocenters. The SMILES string of the molecule is c1ccc(-c2nc(-c3ccc4c(c3)oc3c(-c5nc(-c6ccccc6)nc(-c6ccccc6)n5)cccc34)nc(-c3cccc4c3oc3ccccc34)n2)cc1. The molecule has 0 saturated carbocycles. The van der Waals surface area contributed by atoms with Crippen LogP contribution in [0.5, 0.6) is 0 Å². The molecule has 0 radical (unpaired) electrons. The van der Waals surface area contributed by atoms with Crippen LogP contribution < -0.4 is 0 Å². The molecule has 8 heteroatoms. The lowest BCUT2D eigenvalue weighted by Gasteiger charge is -2.08. The maximum absolute atomic E-state index is 6.73. The Balaban J connectivity index is 1.07. The molecule has 0 bridgehead atoms. The van der Waals surface area contributed by atoms with Crippen LogP contribution in [0.2, 0.25) is 0 Å². The highest BCUT2D eigenvalue weighted by molar-refractivity contribution is 6.10. The van der Waals surface area contributed by atoms with Gasteiger partial charge in [0.25, 0.3) is 0 Å². The van der Waals surface area contributed by atoms with Gasteiger partial charge in [0.2, 0.25) is 0 Å². The number of furan rings is 2. The van der Waals surface area contributed by atoms with Crippen LogP contribution in [0.4, 0.5) is 0 Å². The molecule has 7 aromatic carbocycles. The topological polar surface area (TPSA) is 104 Å². The molecule has 11 aromatic rings. The van der Waals surface area contributed by atoms with Crippen molar-refractivity contribution in [2.75, 3.05) is 0 Å². The molecule has 0 aliphatic rings. The predicted molar refractivity (Wildman–Crippen MR) is 220 cm³/mol. The van der Waals surface area contributed by atoms with E-state index in [9.17, 15) is 0 Å². The first kappa shape index (κ1) is 31.7. The summed E-state index contributed by atoms with van der Waals surface area (Å²) >= 11 is 0. The van der Waals surface area contributed by atoms with E-state index in [-0.39, 0.29) is 0 Å². The molecule has 262 valence electrons. The summed E-state index contributed by atoms with van der Waals surface area (Å²) in [5, 5.41) is 3.95. The maximum Gasteiger partial charge on any atom is 0.167 e. The summed E-state index contributed by atoms with van der Waals surface area (Å²) in [6.45, 7) is 0. The van der Waals surface area contributed by atoms with Crippen LogP contribution in [-0.4, -0.2) is 29.9 Å². The molecule has 0 amide bonds. The normalized spacial score (nSPS) is 11.6. The number of para-hydroxylation sites is 3. The lowest BCUT2D eigenvalue weighted by Crippen LogP contribution is -2.00. The summed E-state index contributed by atoms with van der Waals surface area (Å²) in [4.78, 5) is 29.9. The van der Waals surface area contributed by atoms with Crippen molar-refractivity contribution in [1.29, 1.82) is 0 Å². The molecule has 0 N–H and O–H groups in total. The molecular formula is C48H28N6O2. The highest BCUT2D eigenvalue weighted by Gasteiger charge is 2.21. The van der Waals surface area contributed by atoms with Gasteiger partial charge < -0.3 is 8.83 Å². The molecule has 0 aliphatic heterocycles. The number of nitrogens with zero attached hydrogens (tertiary/aromatic N) is 6. The van der Waals surface area contributed by atoms with Crippen molar-refractivity contribution in [2.24, 2.45) is 0 Å². The Hall–Kier alpha value is -7.84. The van der Waals surface area contributed by atoms with Gasteiger partial charge in [-0.15, -0.1) is 0 Å². The van der Waals surface area contributed by atoms with Gasteiger partial charge in [0.1, 0.15) is 22.3 Å². The third-order valence-electron chi connectivity index (χ3n) is 10.0. The minimum Gasteiger partial charge on any atom is -0.455 e. The van der Waals surface area contributed by atoms with E-state index in [1.54, 1.807) is 0 Å². The average molecular weight is 721 g/mol. The molecular weight excluding hydrogens is 693 g/mol. The Morgan fingerprint density at radius 3 is 1.18 bits per heavy atom. The highest BCUT2D eigenvalue weighted by atomic mass is 16.3. The van der Waals surface area contributed by atoms with Gasteiger partial charge in [0.05, 0.1) is 11.1 Å². The number of aromatic nitrogens is 6. The molecule has 8 nitrogen and oxygen atoms in total. The van der Waals surface area contributed by atoms with Gasteiger partial charge in [-0.3, -0.25) is 0 Å². The highest BCUT2D eigenvalue weighted by Crippen LogP contribution is 2.39. The smallest absolute Gasteiger partial charge is 0.167 e. The molecule has 4 heterocycles. The van der Waals surface area contributed by atoms with Crippen LogP contribution in [-0.2, 0) is 0 Å². The Morgan fingerprint density at radius 1 is 0.268 bits per heavy atom. The Kier molecular flexibility index (Phi) is 7.31. The van der Waals surface area contributed by atoms with Crippen LogP contribution in [0.3, 0.4) is 0 Å². The van der Waals surface area contributed by atoms with Crippen LogP contribution in [0.15, 0.2) is 179 Å². The largest absolute Gasteiger partial charge is 0.455 e. The first-order chi connectivity index (χ1) is 27.7. The van der Waals surface area contributed by atoms with Crippen molar-refractivity contribution in [2.45, 2.75) is 0 Å². The number of hydrogen-bond acceptors (Lipinski definition) is 8. The summed E-state index contributed by atoms with van der Waals surface area (Å²) in [5.41, 5.74) is 7.94. The van der Waals surface area contributed by atoms with Gasteiger partial charge in [-0.1, -0.05) is 140 Å². The lowest BCUT2D eigenvalue weighted by molar-refractivity contribution is 0.669. The van der Waals surface area contributed by atoms with Crippen molar-refractivity contribution in [3.63, 3.8) is 0 Å². The Labute approximate surface area is 319 Å². The monoisotopic (exact) mass is 720 g/mol. The molecule has 56 heavy (non-hydrogen) atoms. The summed E-state index contributed by atoms with van der Waals surface area (Å²) in [6, 6.07) is 56.1. The van der Waals surface area contributed by atoms with Crippen LogP contribution >= 0.6 is 0 Å². The van der Waals surface area contributed by atoms with Gasteiger partial charge in [-0.05, 0) is 30.3 Å². The van der Waals surface area contributed by atoms with Crippen molar-refractivity contribution in [3.05, 3.63) is 170 Å². The van der Waals surface area contributed by atoms with Gasteiger partial charge in [-0.25, -0.2) is 29.9 Å². The van der Waals surface area contributed by atoms with Crippen LogP contribution in [0, 0.1) is 0 Å². The fourth-order valence-electron chi connectivity index (χ4n) is 7.31. The molecule has 0 spiro atoms. The standard InChI is InChI=1S/C48H28N6O2/c1-4-14-29(15-5-1)43-49-44(30-16-6-2-7-17-30)52-47(51-43)38-24-13-22-36-34-27-26-32(28-40(34)56-42(36)38)46-50-45(31-18-8-3-9-19-31)53-48(54-46)37-23-12-21-35-33-20-10-11-25-39(33)55-41(35)37/h1-28H. The van der Waals surface area contributed by atoms with Gasteiger partial charge in [0.15, 0.2) is 34.9 Å². The van der Waals surface area contributed by atoms with Crippen molar-refractivity contribution in [1.82, 2.24) is 29.9 Å². The van der Waals surface area contributed by atoms with Crippen LogP contribution in [0.1, 0.15) is 0 Å². The fraction of sp³-hybridized carbons (Fsp3) is 0. The summed E-state index contributed by atoms with van der Waals surface area (Å²) in [6.07, 6.45) is 0. The van der Waals surface area contributed by atoms with E-state index >= 15 is 0 Å². The van der Waals surface area contributed by atoms with E-state index in [4.69, 9.17) is 38.7 Å². The second-order valence-corrected chi connectivity index (χ2v) is 13.5. The summed E-state index contributed by atoms with van der Waals surface area (Å²) < 4.78 is 13.1. The predicted octanol–water partition coefficient (Wildman–Crippen LogP) is 11.9. The average Bonchev–Trinajstić information content (AvgIpc) is 3.85. The zero-order chi connectivity index (χ0) is 37.0. The number of hydrogen-bond donors (Lipinski definition) is 0. The third kappa shape index (κ3) is 5.39. The molecule has 4 aromatic heterocycles. The van der Waals surface area contributed by atoms with E-state index in [1.807, 2.05) is 146 Å². The van der Waals surface area contributed by atoms with Gasteiger partial charge in [0, 0.05) is 43.8 Å². The van der Waals surface area contributed by atoms with E-state index < -0.39 is 0 Å². The number of rotatable bonds is 6. The maximum atomic E-state index is 6.73. The molecule has 11 rings (SSSR count). The second kappa shape index (κ2) is 12.9. The molecule has 0 fully saturated rings. The van der Waals surface area contributed by atoms with E-state index in [0.717, 1.165) is 66.1 Å². The van der Waals surface area contributed by atoms with Crippen molar-refractivity contribution >= 4 is 43.9 Å². The Morgan fingerprint density at radius 2 is 0.661 bits per heavy atom. The summed E-state index contributed by atoms with van der Waals surface area (Å²) in [7, 11) is 0. The second-order valence-electron chi connectivity index (χ2n) is 13.5. The van der Waals surface area contributed by atoms with E-state index in [2.05, 4.69) is 24.3 Å². The Bertz CT molecular complexity index is 3190. The number of benzene rings is 7. The minimum absolute atomic E-state index is 0.516.